The van der Waals surface area contributed by atoms with E-state index in [9.17, 15) is 5.11 Å². The number of nitrogens with zero attached hydrogens (tertiary/aromatic N) is 2. The maximum absolute atomic E-state index is 9.22. The Morgan fingerprint density at radius 2 is 1.57 bits per heavy atom. The normalized spacial score (nSPS) is 19.2. The minimum absolute atomic E-state index is 0. The minimum atomic E-state index is -3.03. The van der Waals surface area contributed by atoms with Gasteiger partial charge in [0, 0.05) is 37.7 Å². The van der Waals surface area contributed by atoms with E-state index in [1.807, 2.05) is 30.3 Å². The van der Waals surface area contributed by atoms with E-state index in [4.69, 9.17) is 21.8 Å². The van der Waals surface area contributed by atoms with Crippen LogP contribution in [-0.4, -0.2) is 67.4 Å². The van der Waals surface area contributed by atoms with Gasteiger partial charge in [0.15, 0.2) is 0 Å². The molecule has 0 spiro atoms. The zero-order valence-corrected chi connectivity index (χ0v) is 17.8. The summed E-state index contributed by atoms with van der Waals surface area (Å²) in [4.78, 5) is 4.57. The summed E-state index contributed by atoms with van der Waals surface area (Å²) in [5.41, 5.74) is 2.40. The van der Waals surface area contributed by atoms with Gasteiger partial charge in [-0.1, -0.05) is 54.1 Å². The summed E-state index contributed by atoms with van der Waals surface area (Å²) < 4.78 is 34.1. The smallest absolute Gasteiger partial charge is 0.0698 e. The van der Waals surface area contributed by atoms with Crippen LogP contribution in [0.15, 0.2) is 54.6 Å². The molecule has 7 heteroatoms. The van der Waals surface area contributed by atoms with Crippen molar-refractivity contribution in [3.05, 3.63) is 70.7 Å². The molecule has 2 aromatic carbocycles. The van der Waals surface area contributed by atoms with Crippen LogP contribution in [-0.2, 0) is 4.74 Å². The Labute approximate surface area is 190 Å². The molecule has 1 aliphatic heterocycles. The Bertz CT molecular complexity index is 803. The first-order chi connectivity index (χ1) is 14.2. The Hall–Kier alpha value is -0.850. The highest BCUT2D eigenvalue weighted by molar-refractivity contribution is 6.30. The fourth-order valence-corrected chi connectivity index (χ4v) is 3.52. The molecule has 1 aliphatic rings. The van der Waals surface area contributed by atoms with Crippen molar-refractivity contribution in [3.8, 4) is 0 Å². The summed E-state index contributed by atoms with van der Waals surface area (Å²) >= 11 is 6.08. The largest absolute Gasteiger partial charge is 0.394 e. The number of rotatable bonds is 8. The molecule has 0 aliphatic carbocycles. The molecule has 2 aromatic rings. The molecular weight excluding hydrogens is 419 g/mol. The van der Waals surface area contributed by atoms with Crippen molar-refractivity contribution in [3.63, 3.8) is 0 Å². The molecule has 1 saturated heterocycles. The Morgan fingerprint density at radius 1 is 0.964 bits per heavy atom. The molecule has 1 atom stereocenters. The molecule has 1 fully saturated rings. The Morgan fingerprint density at radius 3 is 2.18 bits per heavy atom. The van der Waals surface area contributed by atoms with Crippen molar-refractivity contribution in [2.75, 3.05) is 52.4 Å². The van der Waals surface area contributed by atoms with Crippen LogP contribution < -0.4 is 0 Å². The molecule has 1 unspecified atom stereocenters. The molecule has 0 saturated carbocycles. The number of halogens is 3. The van der Waals surface area contributed by atoms with Crippen molar-refractivity contribution >= 4 is 36.4 Å². The SMILES string of the molecule is Cl.Cl.[2H]C([2H])(O)C([2H])([2H])OCCN1CCN(C(c2ccccc2)c2ccc(Cl)cc2)CC1. The molecule has 3 rings (SSSR count). The fraction of sp³-hybridized carbons (Fsp3) is 0.429. The molecule has 0 radical (unpaired) electrons. The fourth-order valence-electron chi connectivity index (χ4n) is 3.40. The molecule has 28 heavy (non-hydrogen) atoms. The van der Waals surface area contributed by atoms with Gasteiger partial charge in [0.25, 0.3) is 0 Å². The van der Waals surface area contributed by atoms with Crippen LogP contribution in [0.5, 0.6) is 0 Å². The molecule has 0 aromatic heterocycles. The first-order valence-corrected chi connectivity index (χ1v) is 9.18. The standard InChI is InChI=1S/C21H27ClN2O2.2ClH/c22-20-8-6-19(7-9-20)21(18-4-2-1-3-5-18)24-12-10-23(11-13-24)14-16-26-17-15-25;;/h1-9,21,25H,10-17H2;2*1H/i15D2,17D2;;. The van der Waals surface area contributed by atoms with Crippen LogP contribution in [0, 0.1) is 0 Å². The lowest BCUT2D eigenvalue weighted by molar-refractivity contribution is 0.0522. The second-order valence-electron chi connectivity index (χ2n) is 6.30. The summed E-state index contributed by atoms with van der Waals surface area (Å²) in [5, 5.41) is 9.93. The highest BCUT2D eigenvalue weighted by Crippen LogP contribution is 2.30. The van der Waals surface area contributed by atoms with Crippen molar-refractivity contribution < 1.29 is 15.3 Å². The summed E-state index contributed by atoms with van der Waals surface area (Å²) in [6.45, 7) is -2.06. The maximum Gasteiger partial charge on any atom is 0.0698 e. The van der Waals surface area contributed by atoms with Crippen molar-refractivity contribution in [2.45, 2.75) is 6.04 Å². The lowest BCUT2D eigenvalue weighted by Crippen LogP contribution is -2.48. The first kappa shape index (κ1) is 19.1. The van der Waals surface area contributed by atoms with E-state index in [0.29, 0.717) is 11.6 Å². The van der Waals surface area contributed by atoms with Crippen LogP contribution >= 0.6 is 36.4 Å². The Kier molecular flexibility index (Phi) is 9.15. The quantitative estimate of drug-likeness (QED) is 0.660. The van der Waals surface area contributed by atoms with Gasteiger partial charge in [0.2, 0.25) is 0 Å². The van der Waals surface area contributed by atoms with Gasteiger partial charge < -0.3 is 9.84 Å². The zero-order valence-electron chi connectivity index (χ0n) is 19.5. The van der Waals surface area contributed by atoms with Gasteiger partial charge in [-0.2, -0.15) is 0 Å². The van der Waals surface area contributed by atoms with Crippen molar-refractivity contribution in [2.24, 2.45) is 0 Å². The molecule has 0 bridgehead atoms. The van der Waals surface area contributed by atoms with E-state index >= 15 is 0 Å². The topological polar surface area (TPSA) is 35.9 Å². The van der Waals surface area contributed by atoms with E-state index in [-0.39, 0.29) is 37.5 Å². The van der Waals surface area contributed by atoms with Gasteiger partial charge in [-0.25, -0.2) is 0 Å². The summed E-state index contributed by atoms with van der Waals surface area (Å²) in [6, 6.07) is 18.4. The average Bonchev–Trinajstić information content (AvgIpc) is 2.71. The van der Waals surface area contributed by atoms with E-state index in [1.54, 1.807) is 0 Å². The molecule has 4 nitrogen and oxygen atoms in total. The third-order valence-electron chi connectivity index (χ3n) is 4.70. The summed E-state index contributed by atoms with van der Waals surface area (Å²) in [7, 11) is 0. The van der Waals surface area contributed by atoms with E-state index < -0.39 is 13.1 Å². The number of benzene rings is 2. The monoisotopic (exact) mass is 450 g/mol. The lowest BCUT2D eigenvalue weighted by atomic mass is 9.96. The van der Waals surface area contributed by atoms with Crippen LogP contribution in [0.2, 0.25) is 5.02 Å². The van der Waals surface area contributed by atoms with Gasteiger partial charge in [-0.15, -0.1) is 24.8 Å². The van der Waals surface area contributed by atoms with Crippen LogP contribution in [0.25, 0.3) is 0 Å². The Balaban J connectivity index is 0.00000256. The second kappa shape index (κ2) is 13.4. The third kappa shape index (κ3) is 7.20. The van der Waals surface area contributed by atoms with Crippen LogP contribution in [0.3, 0.4) is 0 Å². The average molecular weight is 452 g/mol. The van der Waals surface area contributed by atoms with Gasteiger partial charge in [0.05, 0.1) is 31.2 Å². The minimum Gasteiger partial charge on any atom is -0.394 e. The summed E-state index contributed by atoms with van der Waals surface area (Å²) in [6.07, 6.45) is 0. The summed E-state index contributed by atoms with van der Waals surface area (Å²) in [5.74, 6) is 0. The lowest BCUT2D eigenvalue weighted by Gasteiger charge is -2.39. The predicted molar refractivity (Wildman–Crippen MR) is 120 cm³/mol. The molecule has 1 heterocycles. The number of piperazine rings is 1. The second-order valence-corrected chi connectivity index (χ2v) is 6.74. The van der Waals surface area contributed by atoms with Crippen LogP contribution in [0.1, 0.15) is 22.7 Å². The number of ether oxygens (including phenoxy) is 1. The van der Waals surface area contributed by atoms with Gasteiger partial charge in [-0.05, 0) is 23.3 Å². The van der Waals surface area contributed by atoms with Crippen molar-refractivity contribution in [1.29, 1.82) is 0 Å². The van der Waals surface area contributed by atoms with E-state index in [0.717, 1.165) is 26.2 Å². The zero-order chi connectivity index (χ0) is 21.8. The van der Waals surface area contributed by atoms with Gasteiger partial charge in [0.1, 0.15) is 0 Å². The van der Waals surface area contributed by atoms with Crippen molar-refractivity contribution in [1.82, 2.24) is 9.80 Å². The van der Waals surface area contributed by atoms with Gasteiger partial charge >= 0.3 is 0 Å². The highest BCUT2D eigenvalue weighted by Gasteiger charge is 2.26. The predicted octanol–water partition coefficient (Wildman–Crippen LogP) is 3.90. The number of hydrogen-bond acceptors (Lipinski definition) is 4. The third-order valence-corrected chi connectivity index (χ3v) is 4.95. The molecular formula is C21H29Cl3N2O2. The van der Waals surface area contributed by atoms with E-state index in [1.165, 1.54) is 11.1 Å². The molecule has 156 valence electrons. The molecule has 1 N–H and O–H groups in total. The number of hydrogen-bond donors (Lipinski definition) is 1. The first-order valence-electron chi connectivity index (χ1n) is 10.8. The van der Waals surface area contributed by atoms with Crippen LogP contribution in [0.4, 0.5) is 0 Å². The maximum atomic E-state index is 9.22. The highest BCUT2D eigenvalue weighted by atomic mass is 35.5. The number of aliphatic hydroxyl groups is 1. The van der Waals surface area contributed by atoms with Gasteiger partial charge in [-0.3, -0.25) is 9.80 Å². The molecule has 0 amide bonds. The van der Waals surface area contributed by atoms with E-state index in [2.05, 4.69) is 34.1 Å².